The molecule has 1 aliphatic carbocycles. The molecule has 0 saturated carbocycles. The summed E-state index contributed by atoms with van der Waals surface area (Å²) in [6.07, 6.45) is 13.0. The smallest absolute Gasteiger partial charge is 0.316 e. The Morgan fingerprint density at radius 1 is 1.27 bits per heavy atom. The van der Waals surface area contributed by atoms with Crippen LogP contribution in [0.25, 0.3) is 5.65 Å². The van der Waals surface area contributed by atoms with Gasteiger partial charge in [0.15, 0.2) is 5.65 Å². The van der Waals surface area contributed by atoms with Crippen LogP contribution in [0.3, 0.4) is 0 Å². The molecule has 3 aromatic heterocycles. The van der Waals surface area contributed by atoms with E-state index in [1.54, 1.807) is 25.7 Å². The van der Waals surface area contributed by atoms with Crippen molar-refractivity contribution in [2.75, 3.05) is 12.4 Å². The molecule has 0 aromatic carbocycles. The first-order chi connectivity index (χ1) is 12.7. The van der Waals surface area contributed by atoms with E-state index in [-0.39, 0.29) is 0 Å². The van der Waals surface area contributed by atoms with E-state index >= 15 is 0 Å². The minimum atomic E-state index is 0.365. The number of methoxy groups -OCH3 is 1. The van der Waals surface area contributed by atoms with E-state index in [0.717, 1.165) is 46.5 Å². The summed E-state index contributed by atoms with van der Waals surface area (Å²) in [5.41, 5.74) is 2.88. The van der Waals surface area contributed by atoms with E-state index in [9.17, 15) is 0 Å². The molecule has 1 atom stereocenters. The Hall–Kier alpha value is -2.48. The Kier molecular flexibility index (Phi) is 4.83. The first kappa shape index (κ1) is 17.0. The highest BCUT2D eigenvalue weighted by Crippen LogP contribution is 2.31. The lowest BCUT2D eigenvalue weighted by atomic mass is 9.91. The average molecular weight is 415 g/mol. The predicted molar refractivity (Wildman–Crippen MR) is 102 cm³/mol. The molecular formula is C18H19BrN6O. The van der Waals surface area contributed by atoms with Crippen molar-refractivity contribution in [3.63, 3.8) is 0 Å². The summed E-state index contributed by atoms with van der Waals surface area (Å²) in [5.74, 6) is 1.35. The summed E-state index contributed by atoms with van der Waals surface area (Å²) in [5, 5.41) is 7.86. The van der Waals surface area contributed by atoms with Crippen LogP contribution in [-0.4, -0.2) is 31.7 Å². The lowest BCUT2D eigenvalue weighted by Gasteiger charge is -2.19. The van der Waals surface area contributed by atoms with Crippen molar-refractivity contribution < 1.29 is 4.74 Å². The number of nitrogens with zero attached hydrogens (tertiary/aromatic N) is 5. The van der Waals surface area contributed by atoms with E-state index in [1.165, 1.54) is 0 Å². The number of ether oxygens (including phenoxy) is 1. The Morgan fingerprint density at radius 3 is 2.85 bits per heavy atom. The van der Waals surface area contributed by atoms with Crippen molar-refractivity contribution in [1.29, 1.82) is 0 Å². The fourth-order valence-electron chi connectivity index (χ4n) is 3.08. The van der Waals surface area contributed by atoms with Gasteiger partial charge in [-0.05, 0) is 35.2 Å². The van der Waals surface area contributed by atoms with Crippen LogP contribution in [0.5, 0.6) is 6.01 Å². The molecule has 4 rings (SSSR count). The third kappa shape index (κ3) is 3.41. The van der Waals surface area contributed by atoms with Crippen LogP contribution in [0.1, 0.15) is 36.4 Å². The fourth-order valence-corrected chi connectivity index (χ4v) is 3.43. The van der Waals surface area contributed by atoms with Crippen molar-refractivity contribution >= 4 is 27.4 Å². The van der Waals surface area contributed by atoms with Crippen LogP contribution >= 0.6 is 15.9 Å². The predicted octanol–water partition coefficient (Wildman–Crippen LogP) is 3.73. The number of rotatable bonds is 5. The first-order valence-corrected chi connectivity index (χ1v) is 9.32. The number of aromatic nitrogens is 5. The monoisotopic (exact) mass is 414 g/mol. The number of fused-ring (bicyclic) bond motifs is 1. The van der Waals surface area contributed by atoms with Gasteiger partial charge in [0.1, 0.15) is 5.82 Å². The molecule has 0 aliphatic heterocycles. The zero-order chi connectivity index (χ0) is 17.9. The zero-order valence-corrected chi connectivity index (χ0v) is 16.0. The highest BCUT2D eigenvalue weighted by Gasteiger charge is 2.18. The molecule has 134 valence electrons. The summed E-state index contributed by atoms with van der Waals surface area (Å²) in [4.78, 5) is 13.1. The Bertz CT molecular complexity index is 937. The summed E-state index contributed by atoms with van der Waals surface area (Å²) < 4.78 is 7.71. The molecule has 7 nitrogen and oxygen atoms in total. The second-order valence-corrected chi connectivity index (χ2v) is 7.06. The standard InChI is InChI=1S/C18H19BrN6O/c1-26-18-21-9-12(10-22-18)8-20-16-7-15(13-5-3-2-4-6-13)24-17-14(19)11-23-25(16)17/h2-3,7,9-11,13,20H,4-6,8H2,1H3. The summed E-state index contributed by atoms with van der Waals surface area (Å²) in [7, 11) is 1.55. The maximum absolute atomic E-state index is 5.00. The maximum atomic E-state index is 5.00. The Morgan fingerprint density at radius 2 is 2.12 bits per heavy atom. The Labute approximate surface area is 159 Å². The largest absolute Gasteiger partial charge is 0.467 e. The van der Waals surface area contributed by atoms with E-state index < -0.39 is 0 Å². The average Bonchev–Trinajstić information content (AvgIpc) is 3.08. The van der Waals surface area contributed by atoms with Crippen molar-refractivity contribution in [1.82, 2.24) is 24.6 Å². The van der Waals surface area contributed by atoms with Crippen molar-refractivity contribution in [3.8, 4) is 6.01 Å². The number of halogens is 1. The highest BCUT2D eigenvalue weighted by atomic mass is 79.9. The molecule has 0 amide bonds. The van der Waals surface area contributed by atoms with Crippen molar-refractivity contribution in [2.24, 2.45) is 0 Å². The van der Waals surface area contributed by atoms with Gasteiger partial charge in [0.25, 0.3) is 0 Å². The van der Waals surface area contributed by atoms with Crippen LogP contribution in [-0.2, 0) is 6.54 Å². The van der Waals surface area contributed by atoms with Crippen LogP contribution in [0, 0.1) is 0 Å². The second kappa shape index (κ2) is 7.41. The number of allylic oxidation sites excluding steroid dienone is 2. The molecule has 3 aromatic rings. The summed E-state index contributed by atoms with van der Waals surface area (Å²) in [6, 6.07) is 2.46. The van der Waals surface area contributed by atoms with Gasteiger partial charge in [0, 0.05) is 36.5 Å². The lowest BCUT2D eigenvalue weighted by molar-refractivity contribution is 0.379. The van der Waals surface area contributed by atoms with Crippen molar-refractivity contribution in [2.45, 2.75) is 31.7 Å². The van der Waals surface area contributed by atoms with E-state index in [4.69, 9.17) is 9.72 Å². The third-order valence-electron chi connectivity index (χ3n) is 4.47. The van der Waals surface area contributed by atoms with Crippen LogP contribution in [0.4, 0.5) is 5.82 Å². The van der Waals surface area contributed by atoms with Gasteiger partial charge in [0.2, 0.25) is 0 Å². The quantitative estimate of drug-likeness (QED) is 0.640. The molecule has 1 unspecified atom stereocenters. The van der Waals surface area contributed by atoms with Crippen molar-refractivity contribution in [3.05, 3.63) is 52.5 Å². The topological polar surface area (TPSA) is 77.2 Å². The minimum absolute atomic E-state index is 0.365. The Balaban J connectivity index is 1.62. The van der Waals surface area contributed by atoms with E-state index in [1.807, 2.05) is 4.52 Å². The third-order valence-corrected chi connectivity index (χ3v) is 5.03. The number of hydrogen-bond donors (Lipinski definition) is 1. The number of nitrogens with one attached hydrogen (secondary N) is 1. The van der Waals surface area contributed by atoms with Gasteiger partial charge in [-0.3, -0.25) is 0 Å². The van der Waals surface area contributed by atoms with Gasteiger partial charge < -0.3 is 10.1 Å². The highest BCUT2D eigenvalue weighted by molar-refractivity contribution is 9.10. The van der Waals surface area contributed by atoms with Gasteiger partial charge in [-0.15, -0.1) is 0 Å². The van der Waals surface area contributed by atoms with Gasteiger partial charge in [-0.2, -0.15) is 9.61 Å². The first-order valence-electron chi connectivity index (χ1n) is 8.52. The van der Waals surface area contributed by atoms with Crippen LogP contribution < -0.4 is 10.1 Å². The molecular weight excluding hydrogens is 396 g/mol. The van der Waals surface area contributed by atoms with Crippen LogP contribution in [0.15, 0.2) is 41.3 Å². The second-order valence-electron chi connectivity index (χ2n) is 6.21. The molecule has 0 spiro atoms. The number of anilines is 1. The molecule has 26 heavy (non-hydrogen) atoms. The molecule has 8 heteroatoms. The fraction of sp³-hybridized carbons (Fsp3) is 0.333. The van der Waals surface area contributed by atoms with Gasteiger partial charge in [-0.25, -0.2) is 15.0 Å². The van der Waals surface area contributed by atoms with Gasteiger partial charge in [-0.1, -0.05) is 12.2 Å². The number of hydrogen-bond acceptors (Lipinski definition) is 6. The molecule has 0 fully saturated rings. The van der Waals surface area contributed by atoms with Crippen LogP contribution in [0.2, 0.25) is 0 Å². The molecule has 1 N–H and O–H groups in total. The molecule has 3 heterocycles. The SMILES string of the molecule is COc1ncc(CNc2cc(C3CC=CCC3)nc3c(Br)cnn23)cn1. The van der Waals surface area contributed by atoms with Gasteiger partial charge in [0.05, 0.1) is 23.5 Å². The maximum Gasteiger partial charge on any atom is 0.316 e. The normalized spacial score (nSPS) is 16.8. The molecule has 0 radical (unpaired) electrons. The minimum Gasteiger partial charge on any atom is -0.467 e. The lowest BCUT2D eigenvalue weighted by Crippen LogP contribution is -2.11. The molecule has 1 aliphatic rings. The molecule has 0 bridgehead atoms. The summed E-state index contributed by atoms with van der Waals surface area (Å²) in [6.45, 7) is 0.588. The summed E-state index contributed by atoms with van der Waals surface area (Å²) >= 11 is 3.55. The molecule has 0 saturated heterocycles. The van der Waals surface area contributed by atoms with Gasteiger partial charge >= 0.3 is 6.01 Å². The zero-order valence-electron chi connectivity index (χ0n) is 14.4. The van der Waals surface area contributed by atoms with E-state index in [0.29, 0.717) is 18.5 Å². The van der Waals surface area contributed by atoms with E-state index in [2.05, 4.69) is 54.5 Å².